The van der Waals surface area contributed by atoms with Gasteiger partial charge in [-0.1, -0.05) is 55.8 Å². The average molecular weight is 458 g/mol. The van der Waals surface area contributed by atoms with Gasteiger partial charge in [0.2, 0.25) is 0 Å². The maximum absolute atomic E-state index is 11.3. The van der Waals surface area contributed by atoms with Crippen LogP contribution in [0.15, 0.2) is 84.9 Å². The zero-order chi connectivity index (χ0) is 23.8. The van der Waals surface area contributed by atoms with Gasteiger partial charge < -0.3 is 19.3 Å². The number of fused-ring (bicyclic) bond motifs is 1. The van der Waals surface area contributed by atoms with Gasteiger partial charge in [-0.15, -0.1) is 0 Å². The van der Waals surface area contributed by atoms with E-state index in [0.29, 0.717) is 36.9 Å². The van der Waals surface area contributed by atoms with Gasteiger partial charge in [0.1, 0.15) is 30.5 Å². The number of carbonyl (C=O) groups is 1. The van der Waals surface area contributed by atoms with E-state index >= 15 is 0 Å². The van der Waals surface area contributed by atoms with Crippen molar-refractivity contribution in [3.8, 4) is 17.2 Å². The Labute approximate surface area is 198 Å². The first-order valence-electron chi connectivity index (χ1n) is 11.3. The number of hydrogen-bond acceptors (Lipinski definition) is 5. The number of rotatable bonds is 11. The number of carboxylic acid groups (broad SMARTS) is 1. The molecule has 0 spiro atoms. The zero-order valence-corrected chi connectivity index (χ0v) is 19.0. The van der Waals surface area contributed by atoms with Crippen LogP contribution in [0.5, 0.6) is 17.2 Å². The third-order valence-corrected chi connectivity index (χ3v) is 5.28. The van der Waals surface area contributed by atoms with Crippen molar-refractivity contribution >= 4 is 16.9 Å². The molecule has 0 aliphatic heterocycles. The van der Waals surface area contributed by atoms with Crippen LogP contribution in [-0.2, 0) is 18.0 Å². The van der Waals surface area contributed by atoms with Gasteiger partial charge in [0.05, 0.1) is 11.2 Å². The maximum Gasteiger partial charge on any atom is 0.344 e. The predicted octanol–water partition coefficient (Wildman–Crippen LogP) is 6.02. The number of pyridine rings is 1. The molecule has 34 heavy (non-hydrogen) atoms. The number of carboxylic acids is 1. The van der Waals surface area contributed by atoms with E-state index < -0.39 is 12.1 Å². The molecule has 0 saturated heterocycles. The summed E-state index contributed by atoms with van der Waals surface area (Å²) in [5.41, 5.74) is 2.75. The van der Waals surface area contributed by atoms with Gasteiger partial charge in [0.15, 0.2) is 6.10 Å². The molecular formula is C28H27NO5. The van der Waals surface area contributed by atoms with Crippen LogP contribution in [0.4, 0.5) is 0 Å². The van der Waals surface area contributed by atoms with Crippen molar-refractivity contribution in [2.75, 3.05) is 0 Å². The Morgan fingerprint density at radius 2 is 1.59 bits per heavy atom. The second-order valence-corrected chi connectivity index (χ2v) is 7.92. The van der Waals surface area contributed by atoms with Crippen molar-refractivity contribution in [3.05, 3.63) is 96.2 Å². The van der Waals surface area contributed by atoms with Gasteiger partial charge in [-0.3, -0.25) is 0 Å². The number of ether oxygens (including phenoxy) is 3. The summed E-state index contributed by atoms with van der Waals surface area (Å²) < 4.78 is 17.4. The quantitative estimate of drug-likeness (QED) is 0.297. The van der Waals surface area contributed by atoms with Crippen LogP contribution in [0.1, 0.15) is 31.0 Å². The molecule has 6 heteroatoms. The summed E-state index contributed by atoms with van der Waals surface area (Å²) >= 11 is 0. The lowest BCUT2D eigenvalue weighted by atomic mass is 10.2. The molecule has 4 rings (SSSR count). The molecule has 1 atom stereocenters. The molecule has 0 bridgehead atoms. The number of aliphatic carboxylic acids is 1. The third-order valence-electron chi connectivity index (χ3n) is 5.28. The molecular weight excluding hydrogens is 430 g/mol. The molecule has 0 saturated carbocycles. The Morgan fingerprint density at radius 3 is 2.32 bits per heavy atom. The predicted molar refractivity (Wildman–Crippen MR) is 130 cm³/mol. The lowest BCUT2D eigenvalue weighted by Gasteiger charge is -2.14. The van der Waals surface area contributed by atoms with Crippen LogP contribution < -0.4 is 14.2 Å². The lowest BCUT2D eigenvalue weighted by Crippen LogP contribution is -2.26. The zero-order valence-electron chi connectivity index (χ0n) is 19.0. The number of aromatic nitrogens is 1. The highest BCUT2D eigenvalue weighted by molar-refractivity contribution is 5.78. The molecule has 1 N–H and O–H groups in total. The molecule has 4 aromatic rings. The maximum atomic E-state index is 11.3. The fraction of sp³-hybridized carbons (Fsp3) is 0.214. The second kappa shape index (κ2) is 11.2. The monoisotopic (exact) mass is 457 g/mol. The van der Waals surface area contributed by atoms with Crippen LogP contribution in [0.2, 0.25) is 0 Å². The number of benzene rings is 3. The first-order chi connectivity index (χ1) is 16.6. The van der Waals surface area contributed by atoms with Gasteiger partial charge in [-0.05, 0) is 48.4 Å². The van der Waals surface area contributed by atoms with Crippen molar-refractivity contribution in [2.45, 2.75) is 39.1 Å². The Balaban J connectivity index is 1.31. The highest BCUT2D eigenvalue weighted by atomic mass is 16.5. The highest BCUT2D eigenvalue weighted by Gasteiger charge is 2.18. The topological polar surface area (TPSA) is 77.9 Å². The van der Waals surface area contributed by atoms with Crippen molar-refractivity contribution in [1.29, 1.82) is 0 Å². The average Bonchev–Trinajstić information content (AvgIpc) is 2.87. The summed E-state index contributed by atoms with van der Waals surface area (Å²) in [5.74, 6) is 0.972. The minimum absolute atomic E-state index is 0.366. The van der Waals surface area contributed by atoms with E-state index in [2.05, 4.69) is 4.98 Å². The summed E-state index contributed by atoms with van der Waals surface area (Å²) in [4.78, 5) is 15.9. The second-order valence-electron chi connectivity index (χ2n) is 7.92. The fourth-order valence-corrected chi connectivity index (χ4v) is 3.49. The Morgan fingerprint density at radius 1 is 0.853 bits per heavy atom. The summed E-state index contributed by atoms with van der Waals surface area (Å²) in [5, 5.41) is 10.3. The van der Waals surface area contributed by atoms with E-state index in [0.717, 1.165) is 28.6 Å². The summed E-state index contributed by atoms with van der Waals surface area (Å²) in [6, 6.07) is 26.8. The van der Waals surface area contributed by atoms with E-state index in [9.17, 15) is 9.90 Å². The summed E-state index contributed by atoms with van der Waals surface area (Å²) in [6.45, 7) is 2.67. The van der Waals surface area contributed by atoms with Crippen LogP contribution in [0, 0.1) is 0 Å². The minimum Gasteiger partial charge on any atom is -0.489 e. The van der Waals surface area contributed by atoms with E-state index in [4.69, 9.17) is 14.2 Å². The van der Waals surface area contributed by atoms with Crippen molar-refractivity contribution in [2.24, 2.45) is 0 Å². The molecule has 1 unspecified atom stereocenters. The molecule has 3 aromatic carbocycles. The third kappa shape index (κ3) is 6.25. The molecule has 0 radical (unpaired) electrons. The SMILES string of the molecule is CCCC(Oc1ccc(COc2cccc(OCc3ccc4ccccc4n3)c2)cc1)C(=O)O. The minimum atomic E-state index is -0.951. The highest BCUT2D eigenvalue weighted by Crippen LogP contribution is 2.23. The molecule has 174 valence electrons. The molecule has 1 aromatic heterocycles. The molecule has 6 nitrogen and oxygen atoms in total. The van der Waals surface area contributed by atoms with Gasteiger partial charge in [0, 0.05) is 11.5 Å². The van der Waals surface area contributed by atoms with Gasteiger partial charge in [-0.2, -0.15) is 0 Å². The van der Waals surface area contributed by atoms with Gasteiger partial charge in [-0.25, -0.2) is 9.78 Å². The van der Waals surface area contributed by atoms with Gasteiger partial charge >= 0.3 is 5.97 Å². The largest absolute Gasteiger partial charge is 0.489 e. The first kappa shape index (κ1) is 23.1. The fourth-order valence-electron chi connectivity index (χ4n) is 3.49. The number of nitrogens with zero attached hydrogens (tertiary/aromatic N) is 1. The van der Waals surface area contributed by atoms with E-state index in [1.54, 1.807) is 12.1 Å². The van der Waals surface area contributed by atoms with E-state index in [1.165, 1.54) is 0 Å². The molecule has 1 heterocycles. The van der Waals surface area contributed by atoms with E-state index in [1.807, 2.05) is 79.7 Å². The first-order valence-corrected chi connectivity index (χ1v) is 11.3. The van der Waals surface area contributed by atoms with Crippen molar-refractivity contribution in [1.82, 2.24) is 4.98 Å². The smallest absolute Gasteiger partial charge is 0.344 e. The van der Waals surface area contributed by atoms with Crippen LogP contribution in [0.3, 0.4) is 0 Å². The Kier molecular flexibility index (Phi) is 7.60. The Bertz CT molecular complexity index is 1240. The molecule has 0 amide bonds. The van der Waals surface area contributed by atoms with Crippen LogP contribution in [0.25, 0.3) is 10.9 Å². The van der Waals surface area contributed by atoms with Crippen molar-refractivity contribution < 1.29 is 24.1 Å². The summed E-state index contributed by atoms with van der Waals surface area (Å²) in [7, 11) is 0. The number of hydrogen-bond donors (Lipinski definition) is 1. The standard InChI is InChI=1S/C28H27NO5/c1-2-6-27(28(30)31)34-23-15-11-20(12-16-23)18-32-24-8-5-9-25(17-24)33-19-22-14-13-21-7-3-4-10-26(21)29-22/h3-5,7-17,27H,2,6,18-19H2,1H3,(H,30,31). The normalized spacial score (nSPS) is 11.7. The van der Waals surface area contributed by atoms with E-state index in [-0.39, 0.29) is 0 Å². The van der Waals surface area contributed by atoms with Gasteiger partial charge in [0.25, 0.3) is 0 Å². The number of para-hydroxylation sites is 1. The van der Waals surface area contributed by atoms with Crippen LogP contribution in [-0.4, -0.2) is 22.2 Å². The molecule has 0 aliphatic carbocycles. The lowest BCUT2D eigenvalue weighted by molar-refractivity contribution is -0.145. The molecule has 0 aliphatic rings. The van der Waals surface area contributed by atoms with Crippen LogP contribution >= 0.6 is 0 Å². The summed E-state index contributed by atoms with van der Waals surface area (Å²) in [6.07, 6.45) is 0.375. The molecule has 0 fully saturated rings. The Hall–Kier alpha value is -4.06. The van der Waals surface area contributed by atoms with Crippen molar-refractivity contribution in [3.63, 3.8) is 0 Å².